The normalized spacial score (nSPS) is 14.9. The lowest BCUT2D eigenvalue weighted by molar-refractivity contribution is -0.125. The van der Waals surface area contributed by atoms with Crippen molar-refractivity contribution < 1.29 is 33.5 Å². The van der Waals surface area contributed by atoms with E-state index in [4.69, 9.17) is 14.8 Å². The van der Waals surface area contributed by atoms with Crippen molar-refractivity contribution in [3.05, 3.63) is 0 Å². The van der Waals surface area contributed by atoms with Crippen molar-refractivity contribution in [2.24, 2.45) is 5.73 Å². The molecule has 6 N–H and O–H groups in total. The molecule has 0 bridgehead atoms. The molecule has 0 radical (unpaired) electrons. The molecule has 0 rings (SSSR count). The number of aliphatic hydroxyl groups is 2. The van der Waals surface area contributed by atoms with Gasteiger partial charge in [-0.1, -0.05) is 181 Å². The van der Waals surface area contributed by atoms with Gasteiger partial charge >= 0.3 is 7.82 Å². The summed E-state index contributed by atoms with van der Waals surface area (Å²) < 4.78 is 22.1. The van der Waals surface area contributed by atoms with E-state index in [0.717, 1.165) is 38.5 Å². The van der Waals surface area contributed by atoms with Crippen LogP contribution in [-0.4, -0.2) is 59.0 Å². The van der Waals surface area contributed by atoms with Gasteiger partial charge in [0.05, 0.1) is 37.9 Å². The van der Waals surface area contributed by atoms with Crippen LogP contribution >= 0.6 is 7.82 Å². The van der Waals surface area contributed by atoms with Crippen LogP contribution in [0.5, 0.6) is 0 Å². The number of unbranched alkanes of at least 4 members (excludes halogenated alkanes) is 24. The fourth-order valence-electron chi connectivity index (χ4n) is 6.18. The van der Waals surface area contributed by atoms with E-state index >= 15 is 0 Å². The molecule has 0 aromatic carbocycles. The zero-order valence-corrected chi connectivity index (χ0v) is 32.3. The number of phosphoric acid groups is 1. The Morgan fingerprint density at radius 2 is 1.00 bits per heavy atom. The van der Waals surface area contributed by atoms with Crippen molar-refractivity contribution in [2.75, 3.05) is 19.8 Å². The van der Waals surface area contributed by atoms with Crippen LogP contribution in [0.4, 0.5) is 0 Å². The number of aliphatic hydroxyl groups excluding tert-OH is 2. The first kappa shape index (κ1) is 47.5. The van der Waals surface area contributed by atoms with Crippen LogP contribution in [0.1, 0.15) is 200 Å². The van der Waals surface area contributed by atoms with Crippen LogP contribution < -0.4 is 11.1 Å². The number of hydrogen-bond donors (Lipinski definition) is 5. The fourth-order valence-corrected chi connectivity index (χ4v) is 6.94. The Hall–Kier alpha value is -0.540. The van der Waals surface area contributed by atoms with Crippen molar-refractivity contribution >= 4 is 13.7 Å². The maximum atomic E-state index is 12.8. The SMILES string of the molecule is CCCCCCCCCCCCCCCC(O)CC(=O)NC(COP(=O)(O)OCCN)C(O)CCCCCCCCCCCCCCC. The topological polar surface area (TPSA) is 151 Å². The van der Waals surface area contributed by atoms with Crippen LogP contribution in [-0.2, 0) is 18.4 Å². The summed E-state index contributed by atoms with van der Waals surface area (Å²) in [6.07, 6.45) is 31.4. The minimum Gasteiger partial charge on any atom is -0.393 e. The third-order valence-corrected chi connectivity index (χ3v) is 10.2. The first-order chi connectivity index (χ1) is 23.3. The Morgan fingerprint density at radius 1 is 0.625 bits per heavy atom. The highest BCUT2D eigenvalue weighted by molar-refractivity contribution is 7.47. The van der Waals surface area contributed by atoms with E-state index in [-0.39, 0.29) is 26.2 Å². The first-order valence-electron chi connectivity index (χ1n) is 20.2. The van der Waals surface area contributed by atoms with E-state index < -0.39 is 32.0 Å². The van der Waals surface area contributed by atoms with E-state index in [0.29, 0.717) is 12.8 Å². The number of phosphoric ester groups is 1. The summed E-state index contributed by atoms with van der Waals surface area (Å²) in [7, 11) is -4.36. The smallest absolute Gasteiger partial charge is 0.393 e. The van der Waals surface area contributed by atoms with Crippen LogP contribution in [0.3, 0.4) is 0 Å². The molecule has 0 fully saturated rings. The van der Waals surface area contributed by atoms with Gasteiger partial charge in [-0.25, -0.2) is 4.57 Å². The van der Waals surface area contributed by atoms with Gasteiger partial charge in [0.15, 0.2) is 0 Å². The average molecular weight is 707 g/mol. The second kappa shape index (κ2) is 34.9. The number of nitrogens with two attached hydrogens (primary N) is 1. The number of amides is 1. The number of hydrogen-bond acceptors (Lipinski definition) is 7. The Bertz CT molecular complexity index is 746. The van der Waals surface area contributed by atoms with Gasteiger partial charge in [-0.05, 0) is 12.8 Å². The van der Waals surface area contributed by atoms with E-state index in [1.807, 2.05) is 0 Å². The number of carbonyl (C=O) groups excluding carboxylic acids is 1. The lowest BCUT2D eigenvalue weighted by Gasteiger charge is -2.25. The predicted molar refractivity (Wildman–Crippen MR) is 200 cm³/mol. The molecular formula is C38H79N2O7P. The van der Waals surface area contributed by atoms with Crippen LogP contribution in [0.25, 0.3) is 0 Å². The molecule has 0 aromatic heterocycles. The second-order valence-electron chi connectivity index (χ2n) is 14.0. The number of rotatable bonds is 38. The molecule has 48 heavy (non-hydrogen) atoms. The van der Waals surface area contributed by atoms with Crippen molar-refractivity contribution in [3.63, 3.8) is 0 Å². The molecule has 0 heterocycles. The van der Waals surface area contributed by atoms with Crippen molar-refractivity contribution in [3.8, 4) is 0 Å². The van der Waals surface area contributed by atoms with Crippen molar-refractivity contribution in [1.82, 2.24) is 5.32 Å². The Balaban J connectivity index is 4.31. The molecular weight excluding hydrogens is 627 g/mol. The summed E-state index contributed by atoms with van der Waals surface area (Å²) in [6, 6.07) is -0.889. The third kappa shape index (κ3) is 32.7. The quantitative estimate of drug-likeness (QED) is 0.0315. The van der Waals surface area contributed by atoms with Crippen LogP contribution in [0.2, 0.25) is 0 Å². The minimum atomic E-state index is -4.36. The summed E-state index contributed by atoms with van der Waals surface area (Å²) in [5, 5.41) is 24.1. The van der Waals surface area contributed by atoms with Gasteiger partial charge in [0.25, 0.3) is 0 Å². The van der Waals surface area contributed by atoms with E-state index in [9.17, 15) is 24.5 Å². The highest BCUT2D eigenvalue weighted by atomic mass is 31.2. The molecule has 0 saturated carbocycles. The molecule has 10 heteroatoms. The Labute approximate surface area is 295 Å². The fraction of sp³-hybridized carbons (Fsp3) is 0.974. The Morgan fingerprint density at radius 3 is 1.40 bits per heavy atom. The summed E-state index contributed by atoms with van der Waals surface area (Å²) in [6.45, 7) is 4.04. The van der Waals surface area contributed by atoms with Crippen molar-refractivity contribution in [1.29, 1.82) is 0 Å². The zero-order chi connectivity index (χ0) is 35.6. The monoisotopic (exact) mass is 707 g/mol. The molecule has 288 valence electrons. The molecule has 9 nitrogen and oxygen atoms in total. The van der Waals surface area contributed by atoms with Crippen LogP contribution in [0.15, 0.2) is 0 Å². The summed E-state index contributed by atoms with van der Waals surface area (Å²) in [5.74, 6) is -0.411. The van der Waals surface area contributed by atoms with Gasteiger partial charge in [-0.3, -0.25) is 13.8 Å². The van der Waals surface area contributed by atoms with E-state index in [1.54, 1.807) is 0 Å². The standard InChI is InChI=1S/C38H79N2O7P/c1-3-5-7-9-11-13-15-17-19-21-23-25-27-29-35(41)33-38(43)40-36(34-47-48(44,45)46-32-31-39)37(42)30-28-26-24-22-20-18-16-14-12-10-8-6-4-2/h35-37,41-42H,3-34,39H2,1-2H3,(H,40,43)(H,44,45). The summed E-state index contributed by atoms with van der Waals surface area (Å²) in [5.41, 5.74) is 5.36. The second-order valence-corrected chi connectivity index (χ2v) is 15.5. The van der Waals surface area contributed by atoms with Gasteiger partial charge in [-0.2, -0.15) is 0 Å². The third-order valence-electron chi connectivity index (χ3n) is 9.27. The molecule has 1 amide bonds. The highest BCUT2D eigenvalue weighted by Crippen LogP contribution is 2.43. The summed E-state index contributed by atoms with van der Waals surface area (Å²) >= 11 is 0. The van der Waals surface area contributed by atoms with E-state index in [1.165, 1.54) is 128 Å². The van der Waals surface area contributed by atoms with Crippen molar-refractivity contribution in [2.45, 2.75) is 218 Å². The number of carbonyl (C=O) groups is 1. The Kier molecular flexibility index (Phi) is 34.5. The molecule has 4 unspecified atom stereocenters. The van der Waals surface area contributed by atoms with Gasteiger partial charge < -0.3 is 26.2 Å². The van der Waals surface area contributed by atoms with Gasteiger partial charge in [0.2, 0.25) is 5.91 Å². The van der Waals surface area contributed by atoms with E-state index in [2.05, 4.69) is 19.2 Å². The molecule has 4 atom stereocenters. The van der Waals surface area contributed by atoms with Gasteiger partial charge in [-0.15, -0.1) is 0 Å². The summed E-state index contributed by atoms with van der Waals surface area (Å²) in [4.78, 5) is 22.7. The minimum absolute atomic E-state index is 0.0624. The highest BCUT2D eigenvalue weighted by Gasteiger charge is 2.28. The zero-order valence-electron chi connectivity index (χ0n) is 31.4. The predicted octanol–water partition coefficient (Wildman–Crippen LogP) is 9.64. The molecule has 0 aliphatic heterocycles. The first-order valence-corrected chi connectivity index (χ1v) is 21.7. The molecule has 0 saturated heterocycles. The lowest BCUT2D eigenvalue weighted by atomic mass is 10.0. The lowest BCUT2D eigenvalue weighted by Crippen LogP contribution is -2.47. The maximum Gasteiger partial charge on any atom is 0.472 e. The number of nitrogens with one attached hydrogen (secondary N) is 1. The molecule has 0 aliphatic carbocycles. The molecule has 0 aromatic rings. The van der Waals surface area contributed by atoms with Gasteiger partial charge in [0.1, 0.15) is 0 Å². The van der Waals surface area contributed by atoms with Gasteiger partial charge in [0, 0.05) is 6.54 Å². The average Bonchev–Trinajstić information content (AvgIpc) is 3.06. The largest absolute Gasteiger partial charge is 0.472 e. The molecule has 0 aliphatic rings. The van der Waals surface area contributed by atoms with Crippen LogP contribution in [0, 0.1) is 0 Å². The molecule has 0 spiro atoms. The maximum absolute atomic E-state index is 12.8.